The average Bonchev–Trinajstić information content (AvgIpc) is 3.37. The number of aromatic nitrogens is 3. The number of hydrogen-bond donors (Lipinski definition) is 0. The van der Waals surface area contributed by atoms with Gasteiger partial charge in [0.25, 0.3) is 5.91 Å². The number of likely N-dealkylation sites (tertiary alicyclic amines) is 1. The van der Waals surface area contributed by atoms with E-state index in [1.165, 1.54) is 6.20 Å². The van der Waals surface area contributed by atoms with Gasteiger partial charge in [-0.1, -0.05) is 34.8 Å². The number of fused-ring (bicyclic) bond motifs is 1. The van der Waals surface area contributed by atoms with E-state index < -0.39 is 0 Å². The molecule has 32 heavy (non-hydrogen) atoms. The Balaban J connectivity index is 1.41. The lowest BCUT2D eigenvalue weighted by Gasteiger charge is -2.35. The van der Waals surface area contributed by atoms with E-state index >= 15 is 0 Å². The highest BCUT2D eigenvalue weighted by molar-refractivity contribution is 7.15. The van der Waals surface area contributed by atoms with Crippen molar-refractivity contribution in [2.45, 2.75) is 52.2 Å². The van der Waals surface area contributed by atoms with Crippen LogP contribution in [0, 0.1) is 6.92 Å². The molecule has 0 bridgehead atoms. The highest BCUT2D eigenvalue weighted by Crippen LogP contribution is 2.33. The molecular formula is C24H26FN5OS. The number of amides is 1. The minimum Gasteiger partial charge on any atom is -0.334 e. The summed E-state index contributed by atoms with van der Waals surface area (Å²) in [5.74, 6) is 0.789. The summed E-state index contributed by atoms with van der Waals surface area (Å²) in [7, 11) is 0. The van der Waals surface area contributed by atoms with Gasteiger partial charge >= 0.3 is 0 Å². The van der Waals surface area contributed by atoms with Crippen LogP contribution in [0.15, 0.2) is 42.7 Å². The van der Waals surface area contributed by atoms with Gasteiger partial charge in [-0.15, -0.1) is 11.3 Å². The number of halogens is 1. The monoisotopic (exact) mass is 451 g/mol. The van der Waals surface area contributed by atoms with Crippen molar-refractivity contribution >= 4 is 22.8 Å². The van der Waals surface area contributed by atoms with Crippen LogP contribution in [0.4, 0.5) is 4.48 Å². The van der Waals surface area contributed by atoms with Gasteiger partial charge in [0.15, 0.2) is 0 Å². The number of allylic oxidation sites excluding steroid dienone is 1. The average molecular weight is 452 g/mol. The molecule has 2 aromatic heterocycles. The minimum absolute atomic E-state index is 0.00659. The topological polar surface area (TPSA) is 54.3 Å². The zero-order valence-electron chi connectivity index (χ0n) is 18.3. The van der Waals surface area contributed by atoms with Gasteiger partial charge in [0, 0.05) is 37.0 Å². The number of carbonyl (C=O) groups is 1. The number of thiazole rings is 1. The van der Waals surface area contributed by atoms with E-state index in [1.54, 1.807) is 11.3 Å². The van der Waals surface area contributed by atoms with Gasteiger partial charge in [-0.05, 0) is 38.7 Å². The zero-order chi connectivity index (χ0) is 22.2. The predicted molar refractivity (Wildman–Crippen MR) is 123 cm³/mol. The Morgan fingerprint density at radius 1 is 1.19 bits per heavy atom. The molecule has 1 fully saturated rings. The molecule has 6 nitrogen and oxygen atoms in total. The molecule has 4 heterocycles. The third-order valence-corrected chi connectivity index (χ3v) is 7.13. The van der Waals surface area contributed by atoms with Crippen molar-refractivity contribution in [1.82, 2.24) is 24.6 Å². The molecule has 8 heteroatoms. The third kappa shape index (κ3) is 3.95. The first-order chi connectivity index (χ1) is 15.5. The summed E-state index contributed by atoms with van der Waals surface area (Å²) < 4.78 is 15.6. The Labute approximate surface area is 191 Å². The first-order valence-corrected chi connectivity index (χ1v) is 11.8. The summed E-state index contributed by atoms with van der Waals surface area (Å²) in [6, 6.07) is 10.1. The van der Waals surface area contributed by atoms with Crippen LogP contribution in [0.25, 0.3) is 16.0 Å². The van der Waals surface area contributed by atoms with Crippen LogP contribution in [0.2, 0.25) is 0 Å². The lowest BCUT2D eigenvalue weighted by atomic mass is 9.97. The molecule has 0 aliphatic carbocycles. The number of imidazole rings is 1. The van der Waals surface area contributed by atoms with E-state index in [0.717, 1.165) is 58.3 Å². The molecule has 0 radical (unpaired) electrons. The summed E-state index contributed by atoms with van der Waals surface area (Å²) in [6.07, 6.45) is 7.05. The number of rotatable bonds is 4. The van der Waals surface area contributed by atoms with Crippen molar-refractivity contribution in [1.29, 1.82) is 0 Å². The van der Waals surface area contributed by atoms with Crippen LogP contribution in [-0.4, -0.2) is 43.1 Å². The van der Waals surface area contributed by atoms with Crippen LogP contribution in [-0.2, 0) is 13.1 Å². The quantitative estimate of drug-likeness (QED) is 0.520. The molecule has 0 N–H and O–H groups in total. The fraction of sp³-hybridized carbons (Fsp3) is 0.375. The summed E-state index contributed by atoms with van der Waals surface area (Å²) in [6.45, 7) is 4.67. The van der Waals surface area contributed by atoms with Gasteiger partial charge in [-0.25, -0.2) is 9.97 Å². The molecular weight excluding hydrogens is 425 g/mol. The number of hydrogen-bond acceptors (Lipinski definition) is 5. The fourth-order valence-corrected chi connectivity index (χ4v) is 5.58. The second kappa shape index (κ2) is 8.50. The van der Waals surface area contributed by atoms with E-state index in [-0.39, 0.29) is 18.6 Å². The molecule has 2 aliphatic rings. The smallest absolute Gasteiger partial charge is 0.274 e. The fourth-order valence-electron chi connectivity index (χ4n) is 4.66. The lowest BCUT2D eigenvalue weighted by Crippen LogP contribution is -2.45. The van der Waals surface area contributed by atoms with E-state index in [2.05, 4.69) is 4.98 Å². The number of carbonyl (C=O) groups excluding carboxylic acids is 1. The maximum Gasteiger partial charge on any atom is 0.274 e. The lowest BCUT2D eigenvalue weighted by molar-refractivity contribution is 0.0482. The van der Waals surface area contributed by atoms with Gasteiger partial charge in [0.1, 0.15) is 18.2 Å². The van der Waals surface area contributed by atoms with Crippen LogP contribution >= 0.6 is 11.3 Å². The van der Waals surface area contributed by atoms with E-state index in [1.807, 2.05) is 59.8 Å². The zero-order valence-corrected chi connectivity index (χ0v) is 19.1. The molecule has 1 amide bonds. The summed E-state index contributed by atoms with van der Waals surface area (Å²) in [5.41, 5.74) is 3.26. The standard InChI is InChI=1S/C24H26FN5OS/c1-16-13-29(25)15-28-14-19(27-23(16)28)12-20-10-6-7-11-30(20)24(31)21-22(32-17(2)26-21)18-8-4-3-5-9-18/h3-5,8-9,13-14,20H,6-7,10-12,15H2,1-2H3/t20-/m0/s1. The van der Waals surface area contributed by atoms with Crippen molar-refractivity contribution in [3.8, 4) is 10.4 Å². The van der Waals surface area contributed by atoms with Crippen LogP contribution in [0.3, 0.4) is 0 Å². The number of aryl methyl sites for hydroxylation is 1. The van der Waals surface area contributed by atoms with Crippen LogP contribution < -0.4 is 0 Å². The Morgan fingerprint density at radius 3 is 2.81 bits per heavy atom. The van der Waals surface area contributed by atoms with Crippen molar-refractivity contribution < 1.29 is 9.28 Å². The second-order valence-electron chi connectivity index (χ2n) is 8.51. The Kier molecular flexibility index (Phi) is 5.55. The highest BCUT2D eigenvalue weighted by Gasteiger charge is 2.32. The largest absolute Gasteiger partial charge is 0.334 e. The predicted octanol–water partition coefficient (Wildman–Crippen LogP) is 5.07. The summed E-state index contributed by atoms with van der Waals surface area (Å²) in [5, 5.41) is 1.56. The minimum atomic E-state index is -0.00659. The number of benzene rings is 1. The Hall–Kier alpha value is -3.00. The maximum atomic E-state index is 13.8. The second-order valence-corrected chi connectivity index (χ2v) is 9.71. The molecule has 0 unspecified atom stereocenters. The van der Waals surface area contributed by atoms with E-state index in [0.29, 0.717) is 17.2 Å². The SMILES string of the molecule is CC1=CN(F)Cn2cc(C[C@@H]3CCCCN3C(=O)c3nc(C)sc3-c3ccccc3)nc21. The van der Waals surface area contributed by atoms with Crippen LogP contribution in [0.5, 0.6) is 0 Å². The van der Waals surface area contributed by atoms with Crippen molar-refractivity contribution in [2.75, 3.05) is 6.54 Å². The first-order valence-electron chi connectivity index (χ1n) is 11.0. The van der Waals surface area contributed by atoms with E-state index in [9.17, 15) is 9.28 Å². The van der Waals surface area contributed by atoms with Crippen molar-refractivity contribution in [2.24, 2.45) is 0 Å². The number of nitrogens with zero attached hydrogens (tertiary/aromatic N) is 5. The molecule has 2 aliphatic heterocycles. The van der Waals surface area contributed by atoms with E-state index in [4.69, 9.17) is 4.98 Å². The molecule has 0 spiro atoms. The molecule has 5 rings (SSSR count). The first kappa shape index (κ1) is 20.9. The summed E-state index contributed by atoms with van der Waals surface area (Å²) >= 11 is 1.56. The van der Waals surface area contributed by atoms with Gasteiger partial charge in [-0.2, -0.15) is 5.12 Å². The van der Waals surface area contributed by atoms with Gasteiger partial charge in [0.2, 0.25) is 0 Å². The molecule has 3 aromatic rings. The molecule has 1 saturated heterocycles. The summed E-state index contributed by atoms with van der Waals surface area (Å²) in [4.78, 5) is 26.0. The number of piperidine rings is 1. The Morgan fingerprint density at radius 2 is 2.00 bits per heavy atom. The molecule has 1 aromatic carbocycles. The molecule has 166 valence electrons. The van der Waals surface area contributed by atoms with Crippen molar-refractivity contribution in [3.05, 3.63) is 64.9 Å². The Bertz CT molecular complexity index is 1170. The van der Waals surface area contributed by atoms with Gasteiger partial charge in [0.05, 0.1) is 15.6 Å². The molecule has 0 saturated carbocycles. The third-order valence-electron chi connectivity index (χ3n) is 6.11. The maximum absolute atomic E-state index is 13.8. The van der Waals surface area contributed by atoms with Gasteiger partial charge in [-0.3, -0.25) is 4.79 Å². The normalized spacial score (nSPS) is 18.5. The highest BCUT2D eigenvalue weighted by atomic mass is 32.1. The van der Waals surface area contributed by atoms with Gasteiger partial charge < -0.3 is 9.47 Å². The van der Waals surface area contributed by atoms with Crippen molar-refractivity contribution in [3.63, 3.8) is 0 Å². The molecule has 1 atom stereocenters. The van der Waals surface area contributed by atoms with Crippen LogP contribution in [0.1, 0.15) is 53.2 Å².